The Morgan fingerprint density at radius 3 is 3.11 bits per heavy atom. The molecule has 0 aromatic carbocycles. The van der Waals surface area contributed by atoms with E-state index in [0.29, 0.717) is 10.7 Å². The van der Waals surface area contributed by atoms with Gasteiger partial charge in [-0.05, 0) is 37.4 Å². The highest BCUT2D eigenvalue weighted by Gasteiger charge is 2.18. The van der Waals surface area contributed by atoms with Gasteiger partial charge in [0.05, 0.1) is 6.61 Å². The van der Waals surface area contributed by atoms with E-state index in [9.17, 15) is 0 Å². The Labute approximate surface area is 113 Å². The first kappa shape index (κ1) is 13.5. The van der Waals surface area contributed by atoms with E-state index in [1.807, 2.05) is 0 Å². The number of rotatable bonds is 5. The van der Waals surface area contributed by atoms with Crippen LogP contribution in [0.25, 0.3) is 0 Å². The van der Waals surface area contributed by atoms with Crippen LogP contribution in [-0.4, -0.2) is 41.6 Å². The van der Waals surface area contributed by atoms with Crippen molar-refractivity contribution in [3.8, 4) is 0 Å². The number of hydrogen-bond donors (Lipinski definition) is 1. The van der Waals surface area contributed by atoms with Crippen LogP contribution in [0, 0.1) is 10.7 Å². The lowest BCUT2D eigenvalue weighted by Crippen LogP contribution is -2.32. The number of anilines is 1. The first-order valence-electron chi connectivity index (χ1n) is 6.66. The summed E-state index contributed by atoms with van der Waals surface area (Å²) in [6, 6.07) is 0. The molecule has 0 aliphatic carbocycles. The highest BCUT2D eigenvalue weighted by Crippen LogP contribution is 2.18. The fraction of sp³-hybridized carbons (Fsp3) is 0.833. The van der Waals surface area contributed by atoms with Crippen molar-refractivity contribution in [2.75, 3.05) is 31.7 Å². The van der Waals surface area contributed by atoms with Gasteiger partial charge >= 0.3 is 0 Å². The van der Waals surface area contributed by atoms with Crippen molar-refractivity contribution in [3.63, 3.8) is 0 Å². The Kier molecular flexibility index (Phi) is 4.77. The summed E-state index contributed by atoms with van der Waals surface area (Å²) in [5.41, 5.74) is 0. The number of nitrogens with one attached hydrogen (secondary N) is 1. The summed E-state index contributed by atoms with van der Waals surface area (Å²) in [6.07, 6.45) is 3.46. The largest absolute Gasteiger partial charge is 0.381 e. The predicted molar refractivity (Wildman–Crippen MR) is 74.5 cm³/mol. The molecule has 1 atom stereocenters. The number of aromatic amines is 1. The lowest BCUT2D eigenvalue weighted by Gasteiger charge is -2.27. The molecule has 1 unspecified atom stereocenters. The van der Waals surface area contributed by atoms with Crippen molar-refractivity contribution in [1.82, 2.24) is 14.8 Å². The van der Waals surface area contributed by atoms with Crippen LogP contribution in [0.15, 0.2) is 0 Å². The monoisotopic (exact) mass is 270 g/mol. The Balaban J connectivity index is 2.03. The van der Waals surface area contributed by atoms with E-state index in [4.69, 9.17) is 17.0 Å². The summed E-state index contributed by atoms with van der Waals surface area (Å²) in [5, 5.41) is 7.21. The molecule has 2 heterocycles. The Morgan fingerprint density at radius 2 is 2.44 bits per heavy atom. The molecule has 18 heavy (non-hydrogen) atoms. The van der Waals surface area contributed by atoms with Gasteiger partial charge in [0, 0.05) is 26.7 Å². The van der Waals surface area contributed by atoms with Crippen LogP contribution in [0.5, 0.6) is 0 Å². The Hall–Kier alpha value is -0.880. The molecule has 1 aromatic rings. The average Bonchev–Trinajstić information content (AvgIpc) is 2.73. The van der Waals surface area contributed by atoms with Gasteiger partial charge in [-0.15, -0.1) is 5.10 Å². The molecule has 1 aliphatic heterocycles. The van der Waals surface area contributed by atoms with Crippen molar-refractivity contribution < 1.29 is 4.74 Å². The molecule has 1 fully saturated rings. The molecule has 1 N–H and O–H groups in total. The maximum atomic E-state index is 5.52. The minimum Gasteiger partial charge on any atom is -0.381 e. The zero-order chi connectivity index (χ0) is 13.0. The molecule has 6 heteroatoms. The van der Waals surface area contributed by atoms with E-state index in [-0.39, 0.29) is 0 Å². The Bertz CT molecular complexity index is 422. The van der Waals surface area contributed by atoms with Gasteiger partial charge in [0.1, 0.15) is 0 Å². The summed E-state index contributed by atoms with van der Waals surface area (Å²) >= 11 is 5.26. The second-order valence-corrected chi connectivity index (χ2v) is 5.33. The van der Waals surface area contributed by atoms with Gasteiger partial charge in [-0.2, -0.15) is 0 Å². The molecule has 1 aliphatic rings. The third-order valence-electron chi connectivity index (χ3n) is 3.31. The molecular weight excluding hydrogens is 248 g/mol. The molecule has 0 bridgehead atoms. The van der Waals surface area contributed by atoms with Crippen LogP contribution in [-0.2, 0) is 11.3 Å². The molecular formula is C12H22N4OS. The topological polar surface area (TPSA) is 46.1 Å². The minimum atomic E-state index is 0.601. The standard InChI is InChI=1S/C12H22N4OS/c1-3-6-16-11(13-14-12(16)18)15(2)8-10-5-4-7-17-9-10/h10H,3-9H2,1-2H3,(H,14,18). The second kappa shape index (κ2) is 6.33. The van der Waals surface area contributed by atoms with Crippen molar-refractivity contribution in [2.45, 2.75) is 32.7 Å². The van der Waals surface area contributed by atoms with Gasteiger partial charge in [0.25, 0.3) is 0 Å². The maximum Gasteiger partial charge on any atom is 0.225 e. The zero-order valence-electron chi connectivity index (χ0n) is 11.2. The normalized spacial score (nSPS) is 20.0. The minimum absolute atomic E-state index is 0.601. The van der Waals surface area contributed by atoms with E-state index < -0.39 is 0 Å². The SMILES string of the molecule is CCCn1c(N(C)CC2CCCOC2)n[nH]c1=S. The fourth-order valence-electron chi connectivity index (χ4n) is 2.45. The van der Waals surface area contributed by atoms with Crippen LogP contribution >= 0.6 is 12.2 Å². The number of nitrogens with zero attached hydrogens (tertiary/aromatic N) is 3. The summed E-state index contributed by atoms with van der Waals surface area (Å²) in [4.78, 5) is 2.18. The fourth-order valence-corrected chi connectivity index (χ4v) is 2.66. The van der Waals surface area contributed by atoms with Gasteiger partial charge in [-0.3, -0.25) is 4.57 Å². The average molecular weight is 270 g/mol. The van der Waals surface area contributed by atoms with Crippen molar-refractivity contribution in [1.29, 1.82) is 0 Å². The molecule has 0 radical (unpaired) electrons. The van der Waals surface area contributed by atoms with Crippen LogP contribution in [0.1, 0.15) is 26.2 Å². The van der Waals surface area contributed by atoms with E-state index >= 15 is 0 Å². The predicted octanol–water partition coefficient (Wildman–Crippen LogP) is 2.21. The van der Waals surface area contributed by atoms with Crippen molar-refractivity contribution in [3.05, 3.63) is 4.77 Å². The van der Waals surface area contributed by atoms with E-state index in [0.717, 1.165) is 38.7 Å². The first-order valence-corrected chi connectivity index (χ1v) is 7.07. The summed E-state index contributed by atoms with van der Waals surface area (Å²) < 4.78 is 8.30. The third-order valence-corrected chi connectivity index (χ3v) is 3.63. The van der Waals surface area contributed by atoms with E-state index in [2.05, 4.69) is 33.6 Å². The smallest absolute Gasteiger partial charge is 0.225 e. The van der Waals surface area contributed by atoms with Gasteiger partial charge in [-0.25, -0.2) is 5.10 Å². The van der Waals surface area contributed by atoms with E-state index in [1.165, 1.54) is 12.8 Å². The number of H-pyrrole nitrogens is 1. The highest BCUT2D eigenvalue weighted by atomic mass is 32.1. The number of ether oxygens (including phenoxy) is 1. The second-order valence-electron chi connectivity index (χ2n) is 4.94. The molecule has 102 valence electrons. The van der Waals surface area contributed by atoms with Crippen LogP contribution in [0.3, 0.4) is 0 Å². The third kappa shape index (κ3) is 3.11. The molecule has 0 spiro atoms. The molecule has 0 saturated carbocycles. The van der Waals surface area contributed by atoms with Crippen LogP contribution in [0.2, 0.25) is 0 Å². The maximum absolute atomic E-state index is 5.52. The van der Waals surface area contributed by atoms with Crippen LogP contribution < -0.4 is 4.90 Å². The van der Waals surface area contributed by atoms with Gasteiger partial charge in [-0.1, -0.05) is 6.92 Å². The van der Waals surface area contributed by atoms with E-state index in [1.54, 1.807) is 0 Å². The summed E-state index contributed by atoms with van der Waals surface area (Å²) in [5.74, 6) is 1.54. The molecule has 1 saturated heterocycles. The molecule has 5 nitrogen and oxygen atoms in total. The van der Waals surface area contributed by atoms with Gasteiger partial charge in [0.2, 0.25) is 5.95 Å². The van der Waals surface area contributed by atoms with Crippen molar-refractivity contribution in [2.24, 2.45) is 5.92 Å². The van der Waals surface area contributed by atoms with Crippen LogP contribution in [0.4, 0.5) is 5.95 Å². The quantitative estimate of drug-likeness (QED) is 0.833. The molecule has 1 aromatic heterocycles. The first-order chi connectivity index (χ1) is 8.72. The van der Waals surface area contributed by atoms with Gasteiger partial charge in [0.15, 0.2) is 4.77 Å². The lowest BCUT2D eigenvalue weighted by atomic mass is 10.0. The Morgan fingerprint density at radius 1 is 1.61 bits per heavy atom. The molecule has 0 amide bonds. The summed E-state index contributed by atoms with van der Waals surface area (Å²) in [7, 11) is 2.08. The highest BCUT2D eigenvalue weighted by molar-refractivity contribution is 7.71. The number of hydrogen-bond acceptors (Lipinski definition) is 4. The number of aromatic nitrogens is 3. The van der Waals surface area contributed by atoms with Gasteiger partial charge < -0.3 is 9.64 Å². The van der Waals surface area contributed by atoms with Crippen molar-refractivity contribution >= 4 is 18.2 Å². The molecule has 2 rings (SSSR count). The summed E-state index contributed by atoms with van der Waals surface area (Å²) in [6.45, 7) is 5.81. The zero-order valence-corrected chi connectivity index (χ0v) is 12.0. The lowest BCUT2D eigenvalue weighted by molar-refractivity contribution is 0.0575.